The third-order valence-corrected chi connectivity index (χ3v) is 6.67. The number of hydrogen-bond donors (Lipinski definition) is 4. The fourth-order valence-electron chi connectivity index (χ4n) is 4.62. The van der Waals surface area contributed by atoms with Gasteiger partial charge in [0, 0.05) is 12.5 Å². The van der Waals surface area contributed by atoms with Crippen LogP contribution in [0.5, 0.6) is 11.5 Å². The number of carboxylic acids is 1. The van der Waals surface area contributed by atoms with Crippen molar-refractivity contribution in [3.63, 3.8) is 0 Å². The normalized spacial score (nSPS) is 31.4. The lowest BCUT2D eigenvalue weighted by atomic mass is 9.94. The summed E-state index contributed by atoms with van der Waals surface area (Å²) < 4.78 is 23.6. The maximum Gasteiger partial charge on any atom is 0.345 e. The average molecular weight is 503 g/mol. The molecule has 9 nitrogen and oxygen atoms in total. The predicted octanol–water partition coefficient (Wildman–Crippen LogP) is 2.30. The van der Waals surface area contributed by atoms with Crippen molar-refractivity contribution < 1.29 is 44.2 Å². The maximum atomic E-state index is 11.8. The molecule has 1 aliphatic carbocycles. The largest absolute Gasteiger partial charge is 0.488 e. The molecule has 4 rings (SSSR count). The highest BCUT2D eigenvalue weighted by Gasteiger charge is 2.44. The number of aliphatic carboxylic acids is 1. The van der Waals surface area contributed by atoms with E-state index in [1.165, 1.54) is 0 Å². The van der Waals surface area contributed by atoms with Crippen LogP contribution in [-0.2, 0) is 20.7 Å². The van der Waals surface area contributed by atoms with Crippen LogP contribution < -0.4 is 9.47 Å². The lowest BCUT2D eigenvalue weighted by Gasteiger charge is -2.42. The Labute approximate surface area is 210 Å². The van der Waals surface area contributed by atoms with E-state index in [4.69, 9.17) is 18.9 Å². The van der Waals surface area contributed by atoms with Gasteiger partial charge in [-0.3, -0.25) is 0 Å². The minimum Gasteiger partial charge on any atom is -0.488 e. The van der Waals surface area contributed by atoms with Crippen molar-refractivity contribution in [3.05, 3.63) is 60.2 Å². The summed E-state index contributed by atoms with van der Waals surface area (Å²) in [5.41, 5.74) is 0.860. The van der Waals surface area contributed by atoms with E-state index in [2.05, 4.69) is 0 Å². The van der Waals surface area contributed by atoms with E-state index in [0.29, 0.717) is 24.3 Å². The number of aliphatic hydroxyl groups is 3. The van der Waals surface area contributed by atoms with Crippen molar-refractivity contribution >= 4 is 5.97 Å². The van der Waals surface area contributed by atoms with Gasteiger partial charge in [0.05, 0.1) is 12.2 Å². The summed E-state index contributed by atoms with van der Waals surface area (Å²) >= 11 is 0. The van der Waals surface area contributed by atoms with Gasteiger partial charge >= 0.3 is 5.97 Å². The number of carboxylic acid groups (broad SMARTS) is 1. The zero-order valence-electron chi connectivity index (χ0n) is 20.2. The third kappa shape index (κ3) is 6.54. The monoisotopic (exact) mass is 502 g/mol. The Balaban J connectivity index is 1.41. The van der Waals surface area contributed by atoms with Crippen LogP contribution >= 0.6 is 0 Å². The summed E-state index contributed by atoms with van der Waals surface area (Å²) in [6, 6.07) is 16.1. The Morgan fingerprint density at radius 3 is 2.36 bits per heavy atom. The van der Waals surface area contributed by atoms with Gasteiger partial charge in [0.1, 0.15) is 35.9 Å². The van der Waals surface area contributed by atoms with E-state index in [9.17, 15) is 25.2 Å². The molecule has 4 N–H and O–H groups in total. The summed E-state index contributed by atoms with van der Waals surface area (Å²) in [4.78, 5) is 11.8. The van der Waals surface area contributed by atoms with Gasteiger partial charge in [-0.05, 0) is 43.9 Å². The molecule has 2 fully saturated rings. The molecule has 0 radical (unpaired) electrons. The number of ether oxygens (including phenoxy) is 4. The summed E-state index contributed by atoms with van der Waals surface area (Å²) in [6.45, 7) is 1.61. The summed E-state index contributed by atoms with van der Waals surface area (Å²) in [5.74, 6) is -0.176. The van der Waals surface area contributed by atoms with Gasteiger partial charge in [-0.2, -0.15) is 0 Å². The first-order valence-corrected chi connectivity index (χ1v) is 12.4. The molecular formula is C27H34O9. The standard InChI is InChI=1S/C27H34O9/c1-16-23(28)24(29)25(30)27(33-16)36-21-13-6-5-12-20(21)34-18-10-7-11-19(15-18)35-22(26(31)32)14-17-8-3-2-4-9-17/h2-4,7-11,15-16,20-25,27-30H,5-6,12-14H2,1H3,(H,31,32)/t16?,20?,21?,22?,23-,24?,25?,27+/m1/s1. The summed E-state index contributed by atoms with van der Waals surface area (Å²) in [6.07, 6.45) is -4.05. The van der Waals surface area contributed by atoms with E-state index < -0.39 is 48.9 Å². The molecule has 8 atom stereocenters. The highest BCUT2D eigenvalue weighted by Crippen LogP contribution is 2.31. The second-order valence-corrected chi connectivity index (χ2v) is 9.41. The minimum absolute atomic E-state index is 0.225. The van der Waals surface area contributed by atoms with Crippen LogP contribution in [0, 0.1) is 0 Å². The molecule has 2 aliphatic rings. The molecule has 0 aromatic heterocycles. The molecule has 1 heterocycles. The van der Waals surface area contributed by atoms with Crippen LogP contribution in [0.15, 0.2) is 54.6 Å². The molecule has 36 heavy (non-hydrogen) atoms. The number of carbonyl (C=O) groups is 1. The summed E-state index contributed by atoms with van der Waals surface area (Å²) in [7, 11) is 0. The molecule has 9 heteroatoms. The first-order chi connectivity index (χ1) is 17.3. The van der Waals surface area contributed by atoms with Gasteiger partial charge < -0.3 is 39.4 Å². The Kier molecular flexibility index (Phi) is 8.81. The van der Waals surface area contributed by atoms with E-state index in [1.807, 2.05) is 30.3 Å². The minimum atomic E-state index is -1.38. The Bertz CT molecular complexity index is 984. The van der Waals surface area contributed by atoms with Gasteiger partial charge in [0.2, 0.25) is 0 Å². The highest BCUT2D eigenvalue weighted by molar-refractivity contribution is 5.73. The lowest BCUT2D eigenvalue weighted by Crippen LogP contribution is -2.58. The molecule has 196 valence electrons. The van der Waals surface area contributed by atoms with Crippen molar-refractivity contribution in [1.29, 1.82) is 0 Å². The van der Waals surface area contributed by atoms with Crippen molar-refractivity contribution in [2.24, 2.45) is 0 Å². The number of rotatable bonds is 9. The smallest absolute Gasteiger partial charge is 0.345 e. The first kappa shape index (κ1) is 26.4. The molecule has 6 unspecified atom stereocenters. The van der Waals surface area contributed by atoms with Crippen LogP contribution in [0.3, 0.4) is 0 Å². The van der Waals surface area contributed by atoms with Gasteiger partial charge in [-0.1, -0.05) is 42.8 Å². The van der Waals surface area contributed by atoms with E-state index in [-0.39, 0.29) is 12.5 Å². The molecule has 0 amide bonds. The van der Waals surface area contributed by atoms with Crippen LogP contribution in [0.1, 0.15) is 38.2 Å². The first-order valence-electron chi connectivity index (χ1n) is 12.4. The predicted molar refractivity (Wildman–Crippen MR) is 129 cm³/mol. The molecule has 2 aromatic rings. The molecule has 0 spiro atoms. The van der Waals surface area contributed by atoms with Gasteiger partial charge in [0.25, 0.3) is 0 Å². The Morgan fingerprint density at radius 1 is 0.944 bits per heavy atom. The van der Waals surface area contributed by atoms with E-state index >= 15 is 0 Å². The average Bonchev–Trinajstić information content (AvgIpc) is 2.87. The lowest BCUT2D eigenvalue weighted by molar-refractivity contribution is -0.311. The van der Waals surface area contributed by atoms with Crippen molar-refractivity contribution in [1.82, 2.24) is 0 Å². The Morgan fingerprint density at radius 2 is 1.64 bits per heavy atom. The van der Waals surface area contributed by atoms with Crippen LogP contribution in [0.25, 0.3) is 0 Å². The molecule has 1 saturated carbocycles. The van der Waals surface area contributed by atoms with Gasteiger partial charge in [0.15, 0.2) is 12.4 Å². The van der Waals surface area contributed by atoms with E-state index in [0.717, 1.165) is 18.4 Å². The fourth-order valence-corrected chi connectivity index (χ4v) is 4.62. The van der Waals surface area contributed by atoms with Crippen LogP contribution in [0.2, 0.25) is 0 Å². The Hall–Kier alpha value is -2.69. The van der Waals surface area contributed by atoms with Crippen molar-refractivity contribution in [3.8, 4) is 11.5 Å². The third-order valence-electron chi connectivity index (χ3n) is 6.67. The number of benzene rings is 2. The van der Waals surface area contributed by atoms with Gasteiger partial charge in [-0.25, -0.2) is 4.79 Å². The summed E-state index contributed by atoms with van der Waals surface area (Å²) in [5, 5.41) is 40.0. The molecule has 2 aromatic carbocycles. The zero-order chi connectivity index (χ0) is 25.7. The SMILES string of the molecule is CC1O[C@@H](OC2CCCCC2Oc2cccc(OC(Cc3ccccc3)C(=O)O)c2)C(O)C(O)[C@@H]1O. The van der Waals surface area contributed by atoms with Crippen molar-refractivity contribution in [2.75, 3.05) is 0 Å². The number of aliphatic hydroxyl groups excluding tert-OH is 3. The fraction of sp³-hybridized carbons (Fsp3) is 0.519. The quantitative estimate of drug-likeness (QED) is 0.407. The second kappa shape index (κ2) is 12.0. The van der Waals surface area contributed by atoms with Crippen LogP contribution in [-0.4, -0.2) is 75.4 Å². The highest BCUT2D eigenvalue weighted by atomic mass is 16.7. The zero-order valence-corrected chi connectivity index (χ0v) is 20.2. The second-order valence-electron chi connectivity index (χ2n) is 9.41. The maximum absolute atomic E-state index is 11.8. The molecule has 1 aliphatic heterocycles. The van der Waals surface area contributed by atoms with Crippen LogP contribution in [0.4, 0.5) is 0 Å². The molecule has 1 saturated heterocycles. The van der Waals surface area contributed by atoms with E-state index in [1.54, 1.807) is 31.2 Å². The van der Waals surface area contributed by atoms with Crippen molar-refractivity contribution in [2.45, 2.75) is 88.0 Å². The molecular weight excluding hydrogens is 468 g/mol. The number of hydrogen-bond acceptors (Lipinski definition) is 8. The topological polar surface area (TPSA) is 135 Å². The van der Waals surface area contributed by atoms with Gasteiger partial charge in [-0.15, -0.1) is 0 Å². The molecule has 0 bridgehead atoms.